The van der Waals surface area contributed by atoms with Crippen LogP contribution in [0.2, 0.25) is 0 Å². The molecule has 0 aliphatic heterocycles. The second-order valence-electron chi connectivity index (χ2n) is 8.61. The Morgan fingerprint density at radius 3 is 2.62 bits per heavy atom. The minimum Gasteiger partial charge on any atom is -0.550 e. The van der Waals surface area contributed by atoms with Gasteiger partial charge in [-0.05, 0) is 89.4 Å². The Kier molecular flexibility index (Phi) is 8.49. The van der Waals surface area contributed by atoms with Crippen LogP contribution in [0.1, 0.15) is 69.3 Å². The first-order chi connectivity index (χ1) is 16.2. The van der Waals surface area contributed by atoms with Crippen molar-refractivity contribution in [3.8, 4) is 0 Å². The summed E-state index contributed by atoms with van der Waals surface area (Å²) in [4.78, 5) is 15.9. The Morgan fingerprint density at radius 1 is 0.971 bits per heavy atom. The van der Waals surface area contributed by atoms with Gasteiger partial charge in [-0.25, -0.2) is 0 Å². The van der Waals surface area contributed by atoms with Crippen LogP contribution in [0.4, 0.5) is 0 Å². The Bertz CT molecular complexity index is 1250. The third-order valence-corrected chi connectivity index (χ3v) is 7.63. The van der Waals surface area contributed by atoms with Gasteiger partial charge in [0.1, 0.15) is 0 Å². The number of fused-ring (bicyclic) bond motifs is 3. The van der Waals surface area contributed by atoms with Gasteiger partial charge in [-0.3, -0.25) is 4.98 Å². The van der Waals surface area contributed by atoms with Crippen molar-refractivity contribution in [2.75, 3.05) is 5.75 Å². The number of aryl methyl sites for hydroxylation is 2. The van der Waals surface area contributed by atoms with E-state index in [2.05, 4.69) is 72.8 Å². The van der Waals surface area contributed by atoms with E-state index in [0.29, 0.717) is 5.75 Å². The van der Waals surface area contributed by atoms with Crippen molar-refractivity contribution < 1.29 is 39.5 Å². The number of carbonyl (C=O) groups is 1. The number of carbonyl (C=O) groups excluding carboxylic acids is 1. The summed E-state index contributed by atoms with van der Waals surface area (Å²) in [5.74, 6) is -0.489. The maximum Gasteiger partial charge on any atom is 1.00 e. The monoisotopic (exact) mass is 475 g/mol. The number of hydrogen-bond donors (Lipinski definition) is 0. The molecule has 1 heterocycles. The maximum atomic E-state index is 11.0. The normalized spacial score (nSPS) is 16.2. The number of thioether (sulfide) groups is 1. The van der Waals surface area contributed by atoms with Gasteiger partial charge in [-0.2, -0.15) is 0 Å². The number of hydrogen-bond acceptors (Lipinski definition) is 4. The zero-order valence-electron chi connectivity index (χ0n) is 19.5. The van der Waals surface area contributed by atoms with E-state index < -0.39 is 5.97 Å². The predicted octanol–water partition coefficient (Wildman–Crippen LogP) is 2.58. The standard InChI is InChI=1S/C29H27NO2S.Na/c31-28(32)17-18-33-29-25-7-3-1-5-21(25)12-13-22-11-9-20(19-26(22)29)10-15-24-16-14-23-6-2-4-8-27(23)30-24;/h1,3,5,7,9-16,19,29H,2,4,6,8,17-18H2,(H,31,32);/q;+1/p-1/b15-10+;. The van der Waals surface area contributed by atoms with Gasteiger partial charge in [-0.15, -0.1) is 11.8 Å². The van der Waals surface area contributed by atoms with E-state index in [1.165, 1.54) is 46.4 Å². The average molecular weight is 476 g/mol. The Hall–Kier alpha value is -2.11. The molecule has 0 amide bonds. The van der Waals surface area contributed by atoms with Crippen molar-refractivity contribution in [1.29, 1.82) is 0 Å². The molecule has 1 aromatic heterocycles. The van der Waals surface area contributed by atoms with Gasteiger partial charge in [0.15, 0.2) is 0 Å². The number of aliphatic carboxylic acids is 1. The molecule has 1 unspecified atom stereocenters. The average Bonchev–Trinajstić information content (AvgIpc) is 2.99. The van der Waals surface area contributed by atoms with Crippen LogP contribution >= 0.6 is 11.8 Å². The smallest absolute Gasteiger partial charge is 0.550 e. The fourth-order valence-corrected chi connectivity index (χ4v) is 5.94. The number of benzene rings is 2. The zero-order chi connectivity index (χ0) is 22.6. The summed E-state index contributed by atoms with van der Waals surface area (Å²) < 4.78 is 0. The van der Waals surface area contributed by atoms with Crippen LogP contribution in [0, 0.1) is 0 Å². The van der Waals surface area contributed by atoms with Crippen LogP contribution in [-0.2, 0) is 17.6 Å². The predicted molar refractivity (Wildman–Crippen MR) is 136 cm³/mol. The second kappa shape index (κ2) is 11.5. The van der Waals surface area contributed by atoms with Crippen molar-refractivity contribution in [3.63, 3.8) is 0 Å². The summed E-state index contributed by atoms with van der Waals surface area (Å²) in [5, 5.41) is 11.1. The number of carboxylic acids is 1. The van der Waals surface area contributed by atoms with E-state index >= 15 is 0 Å². The molecule has 0 radical (unpaired) electrons. The molecule has 166 valence electrons. The molecule has 0 saturated heterocycles. The van der Waals surface area contributed by atoms with Crippen molar-refractivity contribution in [2.24, 2.45) is 0 Å². The second-order valence-corrected chi connectivity index (χ2v) is 9.82. The van der Waals surface area contributed by atoms with Gasteiger partial charge in [0.05, 0.1) is 10.9 Å². The molecule has 2 aliphatic carbocycles. The number of nitrogens with zero attached hydrogens (tertiary/aromatic N) is 1. The summed E-state index contributed by atoms with van der Waals surface area (Å²) in [6.45, 7) is 0. The summed E-state index contributed by atoms with van der Waals surface area (Å²) in [5.41, 5.74) is 9.52. The van der Waals surface area contributed by atoms with E-state index in [-0.39, 0.29) is 41.2 Å². The molecule has 5 rings (SSSR count). The van der Waals surface area contributed by atoms with E-state index in [0.717, 1.165) is 24.1 Å². The summed E-state index contributed by atoms with van der Waals surface area (Å²) >= 11 is 1.67. The Morgan fingerprint density at radius 2 is 1.76 bits per heavy atom. The van der Waals surface area contributed by atoms with Gasteiger partial charge in [0.25, 0.3) is 0 Å². The molecular weight excluding hydrogens is 449 g/mol. The molecular formula is C29H26NNaO2S. The van der Waals surface area contributed by atoms with Crippen LogP contribution in [0.25, 0.3) is 24.3 Å². The van der Waals surface area contributed by atoms with Crippen LogP contribution in [0.3, 0.4) is 0 Å². The first kappa shape index (κ1) is 25.0. The molecule has 0 N–H and O–H groups in total. The van der Waals surface area contributed by atoms with Gasteiger partial charge in [-0.1, -0.05) is 60.7 Å². The molecule has 3 aromatic rings. The molecule has 1 atom stereocenters. The summed E-state index contributed by atoms with van der Waals surface area (Å²) in [6, 6.07) is 19.2. The number of pyridine rings is 1. The third-order valence-electron chi connectivity index (χ3n) is 6.35. The van der Waals surface area contributed by atoms with Crippen LogP contribution < -0.4 is 34.7 Å². The molecule has 0 fully saturated rings. The maximum absolute atomic E-state index is 11.0. The van der Waals surface area contributed by atoms with Gasteiger partial charge >= 0.3 is 29.6 Å². The van der Waals surface area contributed by atoms with Gasteiger partial charge < -0.3 is 9.90 Å². The fraction of sp³-hybridized carbons (Fsp3) is 0.241. The van der Waals surface area contributed by atoms with E-state index in [4.69, 9.17) is 4.98 Å². The van der Waals surface area contributed by atoms with Crippen LogP contribution in [-0.4, -0.2) is 16.7 Å². The SMILES string of the molecule is O=C([O-])CCSC1c2ccccc2C=Cc2ccc(/C=C/c3ccc4c(n3)CCCC4)cc21.[Na+]. The topological polar surface area (TPSA) is 53.0 Å². The van der Waals surface area contributed by atoms with Crippen molar-refractivity contribution in [3.05, 3.63) is 99.4 Å². The minimum absolute atomic E-state index is 0. The minimum atomic E-state index is -1.00. The van der Waals surface area contributed by atoms with Crippen molar-refractivity contribution >= 4 is 42.0 Å². The van der Waals surface area contributed by atoms with Crippen LogP contribution in [0.15, 0.2) is 54.6 Å². The molecule has 2 aromatic carbocycles. The largest absolute Gasteiger partial charge is 1.00 e. The molecule has 0 spiro atoms. The number of carboxylic acid groups (broad SMARTS) is 1. The van der Waals surface area contributed by atoms with Crippen molar-refractivity contribution in [1.82, 2.24) is 4.98 Å². The summed E-state index contributed by atoms with van der Waals surface area (Å²) in [6.07, 6.45) is 13.3. The molecule has 34 heavy (non-hydrogen) atoms. The molecule has 0 saturated carbocycles. The quantitative estimate of drug-likeness (QED) is 0.515. The number of rotatable bonds is 6. The van der Waals surface area contributed by atoms with Gasteiger partial charge in [0.2, 0.25) is 0 Å². The van der Waals surface area contributed by atoms with E-state index in [1.807, 2.05) is 6.07 Å². The number of aromatic nitrogens is 1. The van der Waals surface area contributed by atoms with E-state index in [9.17, 15) is 9.90 Å². The third kappa shape index (κ3) is 5.75. The molecule has 2 aliphatic rings. The molecule has 0 bridgehead atoms. The Balaban J connectivity index is 0.00000274. The zero-order valence-corrected chi connectivity index (χ0v) is 22.3. The fourth-order valence-electron chi connectivity index (χ4n) is 4.64. The first-order valence-corrected chi connectivity index (χ1v) is 12.6. The molecule has 5 heteroatoms. The van der Waals surface area contributed by atoms with Crippen LogP contribution in [0.5, 0.6) is 0 Å². The molecule has 3 nitrogen and oxygen atoms in total. The first-order valence-electron chi connectivity index (χ1n) is 11.6. The van der Waals surface area contributed by atoms with E-state index in [1.54, 1.807) is 11.8 Å². The Labute approximate surface area is 227 Å². The van der Waals surface area contributed by atoms with Crippen molar-refractivity contribution in [2.45, 2.75) is 37.4 Å². The summed E-state index contributed by atoms with van der Waals surface area (Å²) in [7, 11) is 0. The van der Waals surface area contributed by atoms with Gasteiger partial charge in [0, 0.05) is 11.7 Å².